The van der Waals surface area contributed by atoms with E-state index in [0.717, 1.165) is 5.56 Å². The van der Waals surface area contributed by atoms with Gasteiger partial charge in [0.15, 0.2) is 12.1 Å². The molecule has 0 unspecified atom stereocenters. The molecule has 3 rings (SSSR count). The van der Waals surface area contributed by atoms with E-state index in [2.05, 4.69) is 15.4 Å². The lowest BCUT2D eigenvalue weighted by Crippen LogP contribution is -2.51. The molecule has 2 atom stereocenters. The molecular weight excluding hydrogens is 338 g/mol. The first-order valence-corrected chi connectivity index (χ1v) is 8.45. The molecular formula is C17H21N5O4. The average molecular weight is 359 g/mol. The number of nitrogens with zero attached hydrogens (tertiary/aromatic N) is 5. The third-order valence-corrected chi connectivity index (χ3v) is 4.25. The Labute approximate surface area is 150 Å². The van der Waals surface area contributed by atoms with Crippen LogP contribution in [0.5, 0.6) is 0 Å². The second-order valence-electron chi connectivity index (χ2n) is 6.47. The number of carboxylic acid groups (broad SMARTS) is 1. The van der Waals surface area contributed by atoms with Crippen molar-refractivity contribution >= 4 is 11.9 Å². The summed E-state index contributed by atoms with van der Waals surface area (Å²) in [4.78, 5) is 27.0. The second-order valence-corrected chi connectivity index (χ2v) is 6.47. The Bertz CT molecular complexity index is 776. The predicted molar refractivity (Wildman–Crippen MR) is 91.1 cm³/mol. The molecule has 1 aromatic heterocycles. The van der Waals surface area contributed by atoms with Gasteiger partial charge in [0.25, 0.3) is 0 Å². The summed E-state index contributed by atoms with van der Waals surface area (Å²) in [5, 5.41) is 21.6. The van der Waals surface area contributed by atoms with Crippen LogP contribution in [0, 0.1) is 5.92 Å². The summed E-state index contributed by atoms with van der Waals surface area (Å²) < 4.78 is 5.18. The molecule has 0 radical (unpaired) electrons. The van der Waals surface area contributed by atoms with E-state index in [4.69, 9.17) is 9.84 Å². The van der Waals surface area contributed by atoms with Crippen molar-refractivity contribution in [3.05, 3.63) is 30.3 Å². The summed E-state index contributed by atoms with van der Waals surface area (Å²) in [6.07, 6.45) is -1.01. The Morgan fingerprint density at radius 1 is 1.27 bits per heavy atom. The van der Waals surface area contributed by atoms with E-state index >= 15 is 0 Å². The van der Waals surface area contributed by atoms with Crippen LogP contribution in [-0.4, -0.2) is 67.9 Å². The van der Waals surface area contributed by atoms with Crippen molar-refractivity contribution in [2.24, 2.45) is 5.92 Å². The van der Waals surface area contributed by atoms with Crippen LogP contribution in [0.1, 0.15) is 19.9 Å². The number of amides is 1. The van der Waals surface area contributed by atoms with Crippen molar-refractivity contribution in [3.8, 4) is 11.4 Å². The number of rotatable bonds is 5. The largest absolute Gasteiger partial charge is 0.479 e. The third-order valence-electron chi connectivity index (χ3n) is 4.25. The van der Waals surface area contributed by atoms with Crippen molar-refractivity contribution in [3.63, 3.8) is 0 Å². The zero-order valence-electron chi connectivity index (χ0n) is 14.6. The highest BCUT2D eigenvalue weighted by Gasteiger charge is 2.35. The molecule has 0 aliphatic carbocycles. The molecule has 9 heteroatoms. The van der Waals surface area contributed by atoms with E-state index in [1.54, 1.807) is 0 Å². The number of carbonyl (C=O) groups excluding carboxylic acids is 1. The fourth-order valence-electron chi connectivity index (χ4n) is 2.88. The maximum absolute atomic E-state index is 13.0. The van der Waals surface area contributed by atoms with E-state index in [-0.39, 0.29) is 25.0 Å². The molecule has 1 fully saturated rings. The van der Waals surface area contributed by atoms with Gasteiger partial charge < -0.3 is 14.7 Å². The summed E-state index contributed by atoms with van der Waals surface area (Å²) in [5.74, 6) is -0.957. The van der Waals surface area contributed by atoms with Gasteiger partial charge in [0.1, 0.15) is 0 Å². The van der Waals surface area contributed by atoms with Crippen LogP contribution in [0.15, 0.2) is 30.3 Å². The second kappa shape index (κ2) is 7.61. The van der Waals surface area contributed by atoms with Crippen molar-refractivity contribution < 1.29 is 19.4 Å². The number of hydrogen-bond acceptors (Lipinski definition) is 6. The first kappa shape index (κ1) is 18.0. The maximum atomic E-state index is 13.0. The molecule has 0 bridgehead atoms. The number of carboxylic acids is 1. The smallest absolute Gasteiger partial charge is 0.334 e. The lowest BCUT2D eigenvalue weighted by molar-refractivity contribution is -0.161. The Morgan fingerprint density at radius 3 is 2.65 bits per heavy atom. The van der Waals surface area contributed by atoms with Gasteiger partial charge in [0.2, 0.25) is 11.7 Å². The number of hydrogen-bond donors (Lipinski definition) is 1. The summed E-state index contributed by atoms with van der Waals surface area (Å²) in [5.41, 5.74) is 0.811. The van der Waals surface area contributed by atoms with E-state index in [1.807, 2.05) is 44.2 Å². The van der Waals surface area contributed by atoms with Crippen LogP contribution in [-0.2, 0) is 14.3 Å². The maximum Gasteiger partial charge on any atom is 0.334 e. The Hall–Kier alpha value is -2.81. The van der Waals surface area contributed by atoms with Gasteiger partial charge in [-0.25, -0.2) is 4.79 Å². The molecule has 1 saturated heterocycles. The van der Waals surface area contributed by atoms with Crippen LogP contribution >= 0.6 is 0 Å². The molecule has 0 spiro atoms. The van der Waals surface area contributed by atoms with Gasteiger partial charge >= 0.3 is 5.97 Å². The summed E-state index contributed by atoms with van der Waals surface area (Å²) in [6, 6.07) is 8.72. The van der Waals surface area contributed by atoms with E-state index in [9.17, 15) is 9.59 Å². The minimum absolute atomic E-state index is 0.0115. The van der Waals surface area contributed by atoms with E-state index in [0.29, 0.717) is 12.4 Å². The van der Waals surface area contributed by atoms with Crippen LogP contribution in [0.2, 0.25) is 0 Å². The molecule has 0 saturated carbocycles. The van der Waals surface area contributed by atoms with Gasteiger partial charge in [-0.2, -0.15) is 4.80 Å². The molecule has 1 aliphatic heterocycles. The number of carbonyl (C=O) groups is 2. The molecule has 2 aromatic rings. The summed E-state index contributed by atoms with van der Waals surface area (Å²) in [7, 11) is 0. The first-order valence-electron chi connectivity index (χ1n) is 8.45. The van der Waals surface area contributed by atoms with Gasteiger partial charge in [-0.15, -0.1) is 10.2 Å². The molecule has 1 amide bonds. The van der Waals surface area contributed by atoms with Gasteiger partial charge in [0, 0.05) is 12.1 Å². The van der Waals surface area contributed by atoms with Gasteiger partial charge in [-0.1, -0.05) is 44.2 Å². The summed E-state index contributed by atoms with van der Waals surface area (Å²) >= 11 is 0. The Kier molecular flexibility index (Phi) is 5.27. The van der Waals surface area contributed by atoms with Crippen LogP contribution in [0.25, 0.3) is 11.4 Å². The lowest BCUT2D eigenvalue weighted by atomic mass is 10.0. The fraction of sp³-hybridized carbons (Fsp3) is 0.471. The minimum Gasteiger partial charge on any atom is -0.479 e. The molecule has 1 N–H and O–H groups in total. The van der Waals surface area contributed by atoms with Crippen molar-refractivity contribution in [1.29, 1.82) is 0 Å². The number of aromatic nitrogens is 4. The van der Waals surface area contributed by atoms with Gasteiger partial charge in [-0.3, -0.25) is 4.79 Å². The van der Waals surface area contributed by atoms with E-state index < -0.39 is 18.1 Å². The minimum atomic E-state index is -1.08. The van der Waals surface area contributed by atoms with Crippen LogP contribution in [0.3, 0.4) is 0 Å². The molecule has 138 valence electrons. The number of aliphatic carboxylic acids is 1. The normalized spacial score (nSPS) is 18.7. The Balaban J connectivity index is 1.82. The standard InChI is InChI=1S/C17H21N5O4/c1-11(2)14(16(23)21-8-9-26-13(10-21)17(24)25)22-19-15(18-20-22)12-6-4-3-5-7-12/h3-7,11,13-14H,8-10H2,1-2H3,(H,24,25)/t13-,14+/m0/s1. The van der Waals surface area contributed by atoms with Crippen LogP contribution in [0.4, 0.5) is 0 Å². The van der Waals surface area contributed by atoms with Crippen molar-refractivity contribution in [2.45, 2.75) is 26.0 Å². The van der Waals surface area contributed by atoms with Crippen molar-refractivity contribution in [1.82, 2.24) is 25.1 Å². The number of tetrazole rings is 1. The molecule has 2 heterocycles. The zero-order chi connectivity index (χ0) is 18.7. The van der Waals surface area contributed by atoms with Gasteiger partial charge in [0.05, 0.1) is 13.2 Å². The van der Waals surface area contributed by atoms with E-state index in [1.165, 1.54) is 9.70 Å². The van der Waals surface area contributed by atoms with Crippen molar-refractivity contribution in [2.75, 3.05) is 19.7 Å². The topological polar surface area (TPSA) is 110 Å². The predicted octanol–water partition coefficient (Wildman–Crippen LogP) is 0.849. The molecule has 1 aromatic carbocycles. The summed E-state index contributed by atoms with van der Waals surface area (Å²) in [6.45, 7) is 4.32. The number of benzene rings is 1. The van der Waals surface area contributed by atoms with Crippen LogP contribution < -0.4 is 0 Å². The first-order chi connectivity index (χ1) is 12.5. The quantitative estimate of drug-likeness (QED) is 0.842. The SMILES string of the molecule is CC(C)[C@H](C(=O)N1CCO[C@H](C(=O)O)C1)n1nnc(-c2ccccc2)n1. The van der Waals surface area contributed by atoms with Gasteiger partial charge in [-0.05, 0) is 11.1 Å². The zero-order valence-corrected chi connectivity index (χ0v) is 14.6. The molecule has 1 aliphatic rings. The Morgan fingerprint density at radius 2 is 2.00 bits per heavy atom. The number of morpholine rings is 1. The average Bonchev–Trinajstić information content (AvgIpc) is 3.12. The molecule has 9 nitrogen and oxygen atoms in total. The highest BCUT2D eigenvalue weighted by atomic mass is 16.5. The molecule has 26 heavy (non-hydrogen) atoms. The lowest BCUT2D eigenvalue weighted by Gasteiger charge is -2.33. The highest BCUT2D eigenvalue weighted by molar-refractivity contribution is 5.82. The number of ether oxygens (including phenoxy) is 1. The highest BCUT2D eigenvalue weighted by Crippen LogP contribution is 2.22. The monoisotopic (exact) mass is 359 g/mol. The third kappa shape index (κ3) is 3.72. The fourth-order valence-corrected chi connectivity index (χ4v) is 2.88.